The van der Waals surface area contributed by atoms with Crippen molar-refractivity contribution in [3.63, 3.8) is 0 Å². The van der Waals surface area contributed by atoms with E-state index in [2.05, 4.69) is 36.1 Å². The quantitative estimate of drug-likeness (QED) is 0.372. The van der Waals surface area contributed by atoms with Crippen molar-refractivity contribution >= 4 is 27.9 Å². The molecule has 7 rings (SSSR count). The minimum Gasteiger partial charge on any atom is -0.472 e. The molecule has 0 amide bonds. The zero-order valence-corrected chi connectivity index (χ0v) is 17.9. The van der Waals surface area contributed by atoms with E-state index in [1.165, 1.54) is 0 Å². The molecule has 1 saturated heterocycles. The molecule has 1 aliphatic heterocycles. The largest absolute Gasteiger partial charge is 0.472 e. The zero-order chi connectivity index (χ0) is 22.6. The van der Waals surface area contributed by atoms with Crippen molar-refractivity contribution in [1.29, 1.82) is 0 Å². The summed E-state index contributed by atoms with van der Waals surface area (Å²) in [5, 5.41) is 8.57. The summed E-state index contributed by atoms with van der Waals surface area (Å²) in [6.07, 6.45) is 8.64. The summed E-state index contributed by atoms with van der Waals surface area (Å²) in [5.41, 5.74) is 12.6. The average molecular weight is 449 g/mol. The van der Waals surface area contributed by atoms with E-state index in [9.17, 15) is 0 Å². The van der Waals surface area contributed by atoms with Gasteiger partial charge < -0.3 is 20.0 Å². The van der Waals surface area contributed by atoms with Gasteiger partial charge in [0.1, 0.15) is 17.0 Å². The van der Waals surface area contributed by atoms with Crippen LogP contribution in [0.4, 0.5) is 5.82 Å². The van der Waals surface area contributed by atoms with Crippen LogP contribution in [-0.2, 0) is 0 Å². The second-order valence-corrected chi connectivity index (χ2v) is 8.41. The first kappa shape index (κ1) is 18.9. The Kier molecular flexibility index (Phi) is 4.02. The molecular formula is C24H19N9O. The van der Waals surface area contributed by atoms with E-state index < -0.39 is 0 Å². The topological polar surface area (TPSA) is 138 Å². The van der Waals surface area contributed by atoms with Crippen LogP contribution in [0.3, 0.4) is 0 Å². The Morgan fingerprint density at radius 1 is 1.06 bits per heavy atom. The van der Waals surface area contributed by atoms with Crippen molar-refractivity contribution in [3.05, 3.63) is 61.4 Å². The molecule has 0 radical (unpaired) electrons. The number of aromatic amines is 2. The third-order valence-electron chi connectivity index (χ3n) is 6.16. The van der Waals surface area contributed by atoms with Crippen molar-refractivity contribution in [2.75, 3.05) is 18.0 Å². The molecular weight excluding hydrogens is 430 g/mol. The van der Waals surface area contributed by atoms with Crippen molar-refractivity contribution in [2.45, 2.75) is 6.04 Å². The normalized spacial score (nSPS) is 14.2. The molecule has 0 bridgehead atoms. The minimum atomic E-state index is 0.197. The molecule has 34 heavy (non-hydrogen) atoms. The number of furan rings is 1. The fourth-order valence-corrected chi connectivity index (χ4v) is 4.37. The van der Waals surface area contributed by atoms with Crippen LogP contribution in [-0.4, -0.2) is 54.2 Å². The molecule has 0 spiro atoms. The molecule has 6 aromatic rings. The van der Waals surface area contributed by atoms with Crippen LogP contribution >= 0.6 is 0 Å². The van der Waals surface area contributed by atoms with E-state index >= 15 is 0 Å². The number of H-pyrrole nitrogens is 2. The maximum absolute atomic E-state index is 5.92. The van der Waals surface area contributed by atoms with Gasteiger partial charge in [0.2, 0.25) is 0 Å². The molecule has 0 saturated carbocycles. The van der Waals surface area contributed by atoms with Gasteiger partial charge in [-0.05, 0) is 24.3 Å². The Labute approximate surface area is 192 Å². The number of nitrogens with zero attached hydrogens (tertiary/aromatic N) is 6. The fraction of sp³-hybridized carbons (Fsp3) is 0.125. The number of nitrogens with two attached hydrogens (primary N) is 1. The first-order chi connectivity index (χ1) is 16.7. The molecule has 10 nitrogen and oxygen atoms in total. The summed E-state index contributed by atoms with van der Waals surface area (Å²) in [6, 6.07) is 10.1. The number of hydrogen-bond donors (Lipinski definition) is 3. The first-order valence-corrected chi connectivity index (χ1v) is 10.9. The molecule has 166 valence electrons. The van der Waals surface area contributed by atoms with Gasteiger partial charge in [0.15, 0.2) is 11.5 Å². The second kappa shape index (κ2) is 7.22. The van der Waals surface area contributed by atoms with Crippen molar-refractivity contribution in [2.24, 2.45) is 5.73 Å². The van der Waals surface area contributed by atoms with Gasteiger partial charge in [0, 0.05) is 47.4 Å². The lowest BCUT2D eigenvalue weighted by atomic mass is 10.1. The van der Waals surface area contributed by atoms with Crippen LogP contribution in [0.25, 0.3) is 56.0 Å². The maximum Gasteiger partial charge on any atom is 0.160 e. The van der Waals surface area contributed by atoms with E-state index in [1.54, 1.807) is 31.1 Å². The Bertz CT molecular complexity index is 1640. The predicted molar refractivity (Wildman–Crippen MR) is 128 cm³/mol. The lowest BCUT2D eigenvalue weighted by molar-refractivity contribution is 0.514. The Balaban J connectivity index is 1.31. The molecule has 0 aliphatic carbocycles. The molecule has 10 heteroatoms. The molecule has 5 aromatic heterocycles. The van der Waals surface area contributed by atoms with Gasteiger partial charge in [-0.25, -0.2) is 15.0 Å². The molecule has 1 aliphatic rings. The first-order valence-electron chi connectivity index (χ1n) is 10.9. The number of hydrogen-bond acceptors (Lipinski definition) is 8. The summed E-state index contributed by atoms with van der Waals surface area (Å²) in [4.78, 5) is 23.9. The summed E-state index contributed by atoms with van der Waals surface area (Å²) >= 11 is 0. The number of imidazole rings is 1. The standard InChI is InChI=1S/C24H19N9O/c25-15-10-33(11-15)20-9-26-8-19(28-20)13-1-2-18-17(7-13)22(32-31-18)24-29-21-16(14-4-6-34-12-14)3-5-27-23(21)30-24/h1-9,12,15H,10-11,25H2,(H,31,32)(H,27,29,30). The highest BCUT2D eigenvalue weighted by Crippen LogP contribution is 2.32. The lowest BCUT2D eigenvalue weighted by Crippen LogP contribution is -2.56. The molecule has 6 heterocycles. The number of nitrogens with one attached hydrogen (secondary N) is 2. The fourth-order valence-electron chi connectivity index (χ4n) is 4.37. The number of fused-ring (bicyclic) bond motifs is 2. The highest BCUT2D eigenvalue weighted by molar-refractivity contribution is 5.97. The van der Waals surface area contributed by atoms with Crippen molar-refractivity contribution in [3.8, 4) is 33.9 Å². The van der Waals surface area contributed by atoms with Gasteiger partial charge in [-0.3, -0.25) is 10.1 Å². The average Bonchev–Trinajstić information content (AvgIpc) is 3.60. The highest BCUT2D eigenvalue weighted by atomic mass is 16.3. The number of aromatic nitrogens is 7. The van der Waals surface area contributed by atoms with E-state index in [-0.39, 0.29) is 6.04 Å². The van der Waals surface area contributed by atoms with Crippen LogP contribution in [0.5, 0.6) is 0 Å². The summed E-state index contributed by atoms with van der Waals surface area (Å²) < 4.78 is 5.25. The molecule has 1 aromatic carbocycles. The van der Waals surface area contributed by atoms with Crippen LogP contribution in [0.15, 0.2) is 65.9 Å². The summed E-state index contributed by atoms with van der Waals surface area (Å²) in [7, 11) is 0. The smallest absolute Gasteiger partial charge is 0.160 e. The number of anilines is 1. The Morgan fingerprint density at radius 2 is 2.00 bits per heavy atom. The third kappa shape index (κ3) is 2.96. The molecule has 0 atom stereocenters. The summed E-state index contributed by atoms with van der Waals surface area (Å²) in [6.45, 7) is 1.59. The predicted octanol–water partition coefficient (Wildman–Crippen LogP) is 3.37. The van der Waals surface area contributed by atoms with Crippen molar-refractivity contribution in [1.82, 2.24) is 35.1 Å². The van der Waals surface area contributed by atoms with Gasteiger partial charge in [-0.2, -0.15) is 5.10 Å². The van der Waals surface area contributed by atoms with Crippen molar-refractivity contribution < 1.29 is 4.42 Å². The second-order valence-electron chi connectivity index (χ2n) is 8.41. The molecule has 4 N–H and O–H groups in total. The maximum atomic E-state index is 5.92. The highest BCUT2D eigenvalue weighted by Gasteiger charge is 2.24. The monoisotopic (exact) mass is 449 g/mol. The van der Waals surface area contributed by atoms with Gasteiger partial charge in [0.25, 0.3) is 0 Å². The third-order valence-corrected chi connectivity index (χ3v) is 6.16. The van der Waals surface area contributed by atoms with E-state index in [0.29, 0.717) is 17.2 Å². The van der Waals surface area contributed by atoms with Crippen LogP contribution in [0.1, 0.15) is 0 Å². The number of pyridine rings is 1. The van der Waals surface area contributed by atoms with Crippen LogP contribution in [0.2, 0.25) is 0 Å². The minimum absolute atomic E-state index is 0.197. The zero-order valence-electron chi connectivity index (χ0n) is 17.9. The molecule has 0 unspecified atom stereocenters. The summed E-state index contributed by atoms with van der Waals surface area (Å²) in [5.74, 6) is 1.47. The molecule has 1 fully saturated rings. The van der Waals surface area contributed by atoms with Crippen LogP contribution in [0, 0.1) is 0 Å². The van der Waals surface area contributed by atoms with E-state index in [1.807, 2.05) is 24.3 Å². The van der Waals surface area contributed by atoms with E-state index in [4.69, 9.17) is 20.1 Å². The van der Waals surface area contributed by atoms with Gasteiger partial charge >= 0.3 is 0 Å². The Morgan fingerprint density at radius 3 is 2.85 bits per heavy atom. The SMILES string of the molecule is NC1CN(c2cncc(-c3ccc4[nH]nc(-c5nc6c(-c7ccoc7)ccnc6[nH]5)c4c3)n2)C1. The van der Waals surface area contributed by atoms with Gasteiger partial charge in [-0.15, -0.1) is 0 Å². The van der Waals surface area contributed by atoms with E-state index in [0.717, 1.165) is 57.7 Å². The van der Waals surface area contributed by atoms with Gasteiger partial charge in [0.05, 0.1) is 36.1 Å². The number of rotatable bonds is 4. The number of benzene rings is 1. The van der Waals surface area contributed by atoms with Crippen LogP contribution < -0.4 is 10.6 Å². The van der Waals surface area contributed by atoms with Gasteiger partial charge in [-0.1, -0.05) is 6.07 Å². The lowest BCUT2D eigenvalue weighted by Gasteiger charge is -2.37. The Hall–Kier alpha value is -4.57.